The van der Waals surface area contributed by atoms with Gasteiger partial charge in [0.05, 0.1) is 7.11 Å². The van der Waals surface area contributed by atoms with Crippen LogP contribution in [0.15, 0.2) is 84.9 Å². The SMILES string of the molecule is COc1ccc(-c2nnc(NC(=O)c3ccc(NC(=O)/C=C/c4ccccc4)cc3)s2)cc1. The topological polar surface area (TPSA) is 93.2 Å². The van der Waals surface area contributed by atoms with Crippen molar-refractivity contribution < 1.29 is 14.3 Å². The molecule has 2 amide bonds. The maximum Gasteiger partial charge on any atom is 0.257 e. The van der Waals surface area contributed by atoms with Crippen molar-refractivity contribution in [1.82, 2.24) is 10.2 Å². The molecule has 0 aliphatic carbocycles. The number of aromatic nitrogens is 2. The Morgan fingerprint density at radius 3 is 2.30 bits per heavy atom. The molecule has 1 heterocycles. The second-order valence-corrected chi connectivity index (χ2v) is 7.88. The van der Waals surface area contributed by atoms with E-state index in [1.54, 1.807) is 37.5 Å². The summed E-state index contributed by atoms with van der Waals surface area (Å²) in [6.07, 6.45) is 3.20. The van der Waals surface area contributed by atoms with E-state index in [4.69, 9.17) is 4.74 Å². The van der Waals surface area contributed by atoms with Crippen molar-refractivity contribution in [2.45, 2.75) is 0 Å². The van der Waals surface area contributed by atoms with E-state index in [9.17, 15) is 9.59 Å². The molecule has 4 rings (SSSR count). The van der Waals surface area contributed by atoms with Gasteiger partial charge in [0, 0.05) is 22.9 Å². The summed E-state index contributed by atoms with van der Waals surface area (Å²) in [4.78, 5) is 24.7. The van der Waals surface area contributed by atoms with Crippen LogP contribution in [0, 0.1) is 0 Å². The Balaban J connectivity index is 1.34. The number of methoxy groups -OCH3 is 1. The van der Waals surface area contributed by atoms with Crippen molar-refractivity contribution in [3.8, 4) is 16.3 Å². The molecule has 0 radical (unpaired) electrons. The lowest BCUT2D eigenvalue weighted by atomic mass is 10.2. The normalized spacial score (nSPS) is 10.7. The zero-order chi connectivity index (χ0) is 23.0. The molecule has 0 spiro atoms. The number of nitrogens with zero attached hydrogens (tertiary/aromatic N) is 2. The number of benzene rings is 3. The highest BCUT2D eigenvalue weighted by Crippen LogP contribution is 2.28. The Bertz CT molecular complexity index is 1270. The molecule has 4 aromatic rings. The van der Waals surface area contributed by atoms with Gasteiger partial charge in [-0.2, -0.15) is 0 Å². The van der Waals surface area contributed by atoms with Gasteiger partial charge in [-0.3, -0.25) is 14.9 Å². The van der Waals surface area contributed by atoms with Gasteiger partial charge in [0.2, 0.25) is 11.0 Å². The van der Waals surface area contributed by atoms with E-state index >= 15 is 0 Å². The molecule has 1 aromatic heterocycles. The van der Waals surface area contributed by atoms with Crippen LogP contribution in [0.4, 0.5) is 10.8 Å². The van der Waals surface area contributed by atoms with Crippen LogP contribution in [-0.4, -0.2) is 29.1 Å². The summed E-state index contributed by atoms with van der Waals surface area (Å²) in [5, 5.41) is 14.8. The first-order chi connectivity index (χ1) is 16.1. The molecule has 8 heteroatoms. The predicted molar refractivity (Wildman–Crippen MR) is 130 cm³/mol. The van der Waals surface area contributed by atoms with Gasteiger partial charge in [0.25, 0.3) is 5.91 Å². The number of ether oxygens (including phenoxy) is 1. The van der Waals surface area contributed by atoms with E-state index in [0.717, 1.165) is 16.9 Å². The second kappa shape index (κ2) is 10.3. The highest BCUT2D eigenvalue weighted by atomic mass is 32.1. The van der Waals surface area contributed by atoms with E-state index < -0.39 is 0 Å². The molecule has 0 fully saturated rings. The number of hydrogen-bond donors (Lipinski definition) is 2. The second-order valence-electron chi connectivity index (χ2n) is 6.91. The fourth-order valence-corrected chi connectivity index (χ4v) is 3.66. The quantitative estimate of drug-likeness (QED) is 0.377. The van der Waals surface area contributed by atoms with Crippen molar-refractivity contribution >= 4 is 40.0 Å². The van der Waals surface area contributed by atoms with Gasteiger partial charge in [-0.15, -0.1) is 10.2 Å². The Hall–Kier alpha value is -4.30. The maximum absolute atomic E-state index is 12.5. The van der Waals surface area contributed by atoms with Crippen molar-refractivity contribution in [2.24, 2.45) is 0 Å². The smallest absolute Gasteiger partial charge is 0.257 e. The minimum Gasteiger partial charge on any atom is -0.497 e. The van der Waals surface area contributed by atoms with Crippen LogP contribution in [0.2, 0.25) is 0 Å². The van der Waals surface area contributed by atoms with E-state index in [1.807, 2.05) is 54.6 Å². The third kappa shape index (κ3) is 5.90. The summed E-state index contributed by atoms with van der Waals surface area (Å²) < 4.78 is 5.16. The van der Waals surface area contributed by atoms with Crippen molar-refractivity contribution in [2.75, 3.05) is 17.7 Å². The average Bonchev–Trinajstić information content (AvgIpc) is 3.32. The molecule has 0 saturated carbocycles. The number of amides is 2. The minimum atomic E-state index is -0.311. The first-order valence-electron chi connectivity index (χ1n) is 10.0. The van der Waals surface area contributed by atoms with Gasteiger partial charge in [-0.1, -0.05) is 41.7 Å². The maximum atomic E-state index is 12.5. The number of carbonyl (C=O) groups excluding carboxylic acids is 2. The summed E-state index contributed by atoms with van der Waals surface area (Å²) in [6.45, 7) is 0. The minimum absolute atomic E-state index is 0.254. The van der Waals surface area contributed by atoms with Crippen LogP contribution in [0.3, 0.4) is 0 Å². The molecule has 2 N–H and O–H groups in total. The standard InChI is InChI=1S/C25H20N4O3S/c1-32-21-14-10-19(11-15-21)24-28-29-25(33-24)27-23(31)18-8-12-20(13-9-18)26-22(30)16-7-17-5-3-2-4-6-17/h2-16H,1H3,(H,26,30)(H,27,29,31)/b16-7+. The number of nitrogens with one attached hydrogen (secondary N) is 2. The number of rotatable bonds is 7. The molecule has 0 aliphatic heterocycles. The van der Waals surface area contributed by atoms with Crippen LogP contribution in [0.1, 0.15) is 15.9 Å². The number of carbonyl (C=O) groups is 2. The van der Waals surface area contributed by atoms with Gasteiger partial charge < -0.3 is 10.1 Å². The van der Waals surface area contributed by atoms with Gasteiger partial charge in [-0.25, -0.2) is 0 Å². The summed E-state index contributed by atoms with van der Waals surface area (Å²) in [5.74, 6) is 0.189. The van der Waals surface area contributed by atoms with Crippen LogP contribution < -0.4 is 15.4 Å². The zero-order valence-corrected chi connectivity index (χ0v) is 18.5. The molecule has 0 unspecified atom stereocenters. The summed E-state index contributed by atoms with van der Waals surface area (Å²) >= 11 is 1.28. The van der Waals surface area contributed by atoms with Gasteiger partial charge in [-0.05, 0) is 60.2 Å². The molecule has 7 nitrogen and oxygen atoms in total. The number of hydrogen-bond acceptors (Lipinski definition) is 6. The lowest BCUT2D eigenvalue weighted by Crippen LogP contribution is -2.12. The molecular weight excluding hydrogens is 436 g/mol. The summed E-state index contributed by atoms with van der Waals surface area (Å²) in [5.41, 5.74) is 2.85. The van der Waals surface area contributed by atoms with Crippen LogP contribution in [0.25, 0.3) is 16.6 Å². The van der Waals surface area contributed by atoms with E-state index in [1.165, 1.54) is 17.4 Å². The Kier molecular flexibility index (Phi) is 6.87. The first kappa shape index (κ1) is 21.9. The van der Waals surface area contributed by atoms with E-state index in [-0.39, 0.29) is 11.8 Å². The third-order valence-electron chi connectivity index (χ3n) is 4.62. The lowest BCUT2D eigenvalue weighted by molar-refractivity contribution is -0.111. The zero-order valence-electron chi connectivity index (χ0n) is 17.7. The van der Waals surface area contributed by atoms with Crippen LogP contribution >= 0.6 is 11.3 Å². The first-order valence-corrected chi connectivity index (χ1v) is 10.9. The largest absolute Gasteiger partial charge is 0.497 e. The fourth-order valence-electron chi connectivity index (χ4n) is 2.92. The van der Waals surface area contributed by atoms with Crippen LogP contribution in [0.5, 0.6) is 5.75 Å². The molecule has 0 atom stereocenters. The highest BCUT2D eigenvalue weighted by Gasteiger charge is 2.12. The van der Waals surface area contributed by atoms with Gasteiger partial charge in [0.15, 0.2) is 0 Å². The molecule has 164 valence electrons. The van der Waals surface area contributed by atoms with Crippen molar-refractivity contribution in [1.29, 1.82) is 0 Å². The van der Waals surface area contributed by atoms with Crippen molar-refractivity contribution in [3.63, 3.8) is 0 Å². The van der Waals surface area contributed by atoms with Crippen molar-refractivity contribution in [3.05, 3.63) is 96.1 Å². The van der Waals surface area contributed by atoms with Gasteiger partial charge in [0.1, 0.15) is 10.8 Å². The highest BCUT2D eigenvalue weighted by molar-refractivity contribution is 7.18. The van der Waals surface area contributed by atoms with E-state index in [0.29, 0.717) is 21.4 Å². The Morgan fingerprint density at radius 1 is 0.879 bits per heavy atom. The Morgan fingerprint density at radius 2 is 1.61 bits per heavy atom. The predicted octanol–water partition coefficient (Wildman–Crippen LogP) is 5.12. The average molecular weight is 457 g/mol. The number of anilines is 2. The summed E-state index contributed by atoms with van der Waals surface area (Å²) in [6, 6.07) is 23.6. The lowest BCUT2D eigenvalue weighted by Gasteiger charge is -2.05. The molecule has 33 heavy (non-hydrogen) atoms. The molecule has 0 bridgehead atoms. The van der Waals surface area contributed by atoms with E-state index in [2.05, 4.69) is 20.8 Å². The third-order valence-corrected chi connectivity index (χ3v) is 5.51. The fraction of sp³-hybridized carbons (Fsp3) is 0.0400. The molecule has 3 aromatic carbocycles. The monoisotopic (exact) mass is 456 g/mol. The molecular formula is C25H20N4O3S. The Labute approximate surface area is 194 Å². The summed E-state index contributed by atoms with van der Waals surface area (Å²) in [7, 11) is 1.61. The molecule has 0 aliphatic rings. The van der Waals surface area contributed by atoms with Crippen LogP contribution in [-0.2, 0) is 4.79 Å². The molecule has 0 saturated heterocycles. The van der Waals surface area contributed by atoms with Gasteiger partial charge >= 0.3 is 0 Å².